The van der Waals surface area contributed by atoms with Crippen LogP contribution in [0, 0.1) is 5.92 Å². The minimum Gasteiger partial charge on any atom is -0.348 e. The van der Waals surface area contributed by atoms with E-state index in [9.17, 15) is 9.18 Å². The number of halogens is 1. The van der Waals surface area contributed by atoms with Gasteiger partial charge in [-0.05, 0) is 18.8 Å². The van der Waals surface area contributed by atoms with Crippen LogP contribution < -0.4 is 5.32 Å². The van der Waals surface area contributed by atoms with Gasteiger partial charge >= 0.3 is 6.41 Å². The Kier molecular flexibility index (Phi) is 2.03. The first kappa shape index (κ1) is 6.52. The summed E-state index contributed by atoms with van der Waals surface area (Å²) in [5.74, 6) is 0.362. The van der Waals surface area contributed by atoms with Crippen LogP contribution in [0.2, 0.25) is 0 Å². The van der Waals surface area contributed by atoms with Crippen molar-refractivity contribution in [2.24, 2.45) is 5.92 Å². The molecule has 0 aromatic rings. The monoisotopic (exact) mass is 130 g/mol. The Hall–Kier alpha value is -0.600. The van der Waals surface area contributed by atoms with Gasteiger partial charge in [-0.15, -0.1) is 0 Å². The SMILES string of the molecule is O=[C]NCC1CC(F)C1. The lowest BCUT2D eigenvalue weighted by Gasteiger charge is -2.28. The van der Waals surface area contributed by atoms with Gasteiger partial charge in [-0.25, -0.2) is 4.39 Å². The molecule has 1 amide bonds. The van der Waals surface area contributed by atoms with Crippen LogP contribution in [0.5, 0.6) is 0 Å². The first-order valence-corrected chi connectivity index (χ1v) is 3.07. The molecule has 0 aromatic carbocycles. The van der Waals surface area contributed by atoms with Crippen molar-refractivity contribution in [3.63, 3.8) is 0 Å². The number of hydrogen-bond donors (Lipinski definition) is 1. The van der Waals surface area contributed by atoms with Crippen molar-refractivity contribution in [3.05, 3.63) is 0 Å². The molecule has 1 N–H and O–H groups in total. The number of carbonyl (C=O) groups excluding carboxylic acids is 1. The smallest absolute Gasteiger partial charge is 0.309 e. The topological polar surface area (TPSA) is 29.1 Å². The van der Waals surface area contributed by atoms with Crippen molar-refractivity contribution in [3.8, 4) is 0 Å². The molecule has 0 aliphatic heterocycles. The fraction of sp³-hybridized carbons (Fsp3) is 0.833. The first-order chi connectivity index (χ1) is 4.33. The van der Waals surface area contributed by atoms with Crippen LogP contribution in [0.1, 0.15) is 12.8 Å². The van der Waals surface area contributed by atoms with Crippen molar-refractivity contribution in [2.45, 2.75) is 19.0 Å². The second-order valence-electron chi connectivity index (χ2n) is 2.42. The van der Waals surface area contributed by atoms with E-state index in [-0.39, 0.29) is 0 Å². The van der Waals surface area contributed by atoms with Gasteiger partial charge in [0.2, 0.25) is 0 Å². The van der Waals surface area contributed by atoms with E-state index in [2.05, 4.69) is 5.32 Å². The molecule has 1 aliphatic rings. The quantitative estimate of drug-likeness (QED) is 0.550. The lowest BCUT2D eigenvalue weighted by molar-refractivity contribution is 0.133. The highest BCUT2D eigenvalue weighted by Gasteiger charge is 2.27. The predicted molar refractivity (Wildman–Crippen MR) is 31.3 cm³/mol. The lowest BCUT2D eigenvalue weighted by Crippen LogP contribution is -2.33. The van der Waals surface area contributed by atoms with E-state index in [1.807, 2.05) is 0 Å². The molecule has 3 heteroatoms. The van der Waals surface area contributed by atoms with Crippen LogP contribution in [0.15, 0.2) is 0 Å². The maximum absolute atomic E-state index is 12.1. The fourth-order valence-electron chi connectivity index (χ4n) is 1.01. The van der Waals surface area contributed by atoms with Crippen molar-refractivity contribution < 1.29 is 9.18 Å². The van der Waals surface area contributed by atoms with Crippen LogP contribution in [-0.2, 0) is 4.79 Å². The van der Waals surface area contributed by atoms with Crippen molar-refractivity contribution >= 4 is 6.41 Å². The maximum Gasteiger partial charge on any atom is 0.309 e. The summed E-state index contributed by atoms with van der Waals surface area (Å²) in [4.78, 5) is 9.60. The summed E-state index contributed by atoms with van der Waals surface area (Å²) in [6.07, 6.45) is 2.15. The molecule has 0 aromatic heterocycles. The zero-order valence-electron chi connectivity index (χ0n) is 5.06. The molecule has 0 bridgehead atoms. The Bertz CT molecular complexity index is 101. The molecule has 1 aliphatic carbocycles. The molecule has 0 heterocycles. The van der Waals surface area contributed by atoms with E-state index in [0.29, 0.717) is 25.3 Å². The zero-order valence-corrected chi connectivity index (χ0v) is 5.06. The Morgan fingerprint density at radius 3 is 2.78 bits per heavy atom. The molecule has 1 radical (unpaired) electrons. The number of rotatable bonds is 3. The molecular weight excluding hydrogens is 121 g/mol. The Morgan fingerprint density at radius 1 is 1.67 bits per heavy atom. The fourth-order valence-corrected chi connectivity index (χ4v) is 1.01. The molecule has 0 spiro atoms. The van der Waals surface area contributed by atoms with Crippen molar-refractivity contribution in [1.82, 2.24) is 5.32 Å². The zero-order chi connectivity index (χ0) is 6.69. The van der Waals surface area contributed by atoms with Crippen LogP contribution in [0.4, 0.5) is 4.39 Å². The average molecular weight is 130 g/mol. The number of alkyl halides is 1. The summed E-state index contributed by atoms with van der Waals surface area (Å²) in [7, 11) is 0. The maximum atomic E-state index is 12.1. The minimum atomic E-state index is -0.622. The molecular formula is C6H9FNO. The van der Waals surface area contributed by atoms with E-state index in [1.165, 1.54) is 0 Å². The Morgan fingerprint density at radius 2 is 2.33 bits per heavy atom. The van der Waals surface area contributed by atoms with E-state index in [1.54, 1.807) is 6.41 Å². The summed E-state index contributed by atoms with van der Waals surface area (Å²) >= 11 is 0. The average Bonchev–Trinajstić information content (AvgIpc) is 1.78. The molecule has 1 saturated carbocycles. The largest absolute Gasteiger partial charge is 0.348 e. The van der Waals surface area contributed by atoms with Gasteiger partial charge < -0.3 is 5.32 Å². The normalized spacial score (nSPS) is 33.0. The first-order valence-electron chi connectivity index (χ1n) is 3.07. The number of hydrogen-bond acceptors (Lipinski definition) is 1. The van der Waals surface area contributed by atoms with E-state index in [0.717, 1.165) is 0 Å². The third-order valence-electron chi connectivity index (χ3n) is 1.64. The summed E-state index contributed by atoms with van der Waals surface area (Å²) in [5.41, 5.74) is 0. The van der Waals surface area contributed by atoms with Crippen LogP contribution >= 0.6 is 0 Å². The standard InChI is InChI=1S/C6H9FNO/c7-6-1-5(2-6)3-8-4-9/h5-6H,1-3H2,(H,8,9). The summed E-state index contributed by atoms with van der Waals surface area (Å²) < 4.78 is 12.1. The van der Waals surface area contributed by atoms with E-state index < -0.39 is 6.17 Å². The van der Waals surface area contributed by atoms with Crippen LogP contribution in [-0.4, -0.2) is 19.1 Å². The molecule has 0 saturated heterocycles. The number of amides is 1. The van der Waals surface area contributed by atoms with Gasteiger partial charge in [0, 0.05) is 6.54 Å². The molecule has 0 atom stereocenters. The van der Waals surface area contributed by atoms with Gasteiger partial charge in [-0.3, -0.25) is 4.79 Å². The second kappa shape index (κ2) is 2.80. The van der Waals surface area contributed by atoms with Crippen molar-refractivity contribution in [2.75, 3.05) is 6.54 Å². The molecule has 1 fully saturated rings. The molecule has 9 heavy (non-hydrogen) atoms. The van der Waals surface area contributed by atoms with Gasteiger partial charge in [0.15, 0.2) is 0 Å². The predicted octanol–water partition coefficient (Wildman–Crippen LogP) is 0.391. The van der Waals surface area contributed by atoms with E-state index in [4.69, 9.17) is 0 Å². The Labute approximate surface area is 53.4 Å². The van der Waals surface area contributed by atoms with Gasteiger partial charge in [0.1, 0.15) is 6.17 Å². The third kappa shape index (κ3) is 1.66. The van der Waals surface area contributed by atoms with Gasteiger partial charge in [0.25, 0.3) is 0 Å². The van der Waals surface area contributed by atoms with Gasteiger partial charge in [-0.1, -0.05) is 0 Å². The second-order valence-corrected chi connectivity index (χ2v) is 2.42. The molecule has 51 valence electrons. The minimum absolute atomic E-state index is 0.362. The van der Waals surface area contributed by atoms with Crippen LogP contribution in [0.3, 0.4) is 0 Å². The summed E-state index contributed by atoms with van der Waals surface area (Å²) in [6.45, 7) is 0.587. The third-order valence-corrected chi connectivity index (χ3v) is 1.64. The molecule has 0 unspecified atom stereocenters. The van der Waals surface area contributed by atoms with Gasteiger partial charge in [0.05, 0.1) is 0 Å². The highest BCUT2D eigenvalue weighted by molar-refractivity contribution is 5.46. The van der Waals surface area contributed by atoms with Crippen LogP contribution in [0.25, 0.3) is 0 Å². The van der Waals surface area contributed by atoms with E-state index >= 15 is 0 Å². The lowest BCUT2D eigenvalue weighted by atomic mass is 9.84. The summed E-state index contributed by atoms with van der Waals surface area (Å²) in [6, 6.07) is 0. The molecule has 1 rings (SSSR count). The van der Waals surface area contributed by atoms with Gasteiger partial charge in [-0.2, -0.15) is 0 Å². The summed E-state index contributed by atoms with van der Waals surface area (Å²) in [5, 5.41) is 2.40. The number of nitrogens with one attached hydrogen (secondary N) is 1. The highest BCUT2D eigenvalue weighted by atomic mass is 19.1. The highest BCUT2D eigenvalue weighted by Crippen LogP contribution is 2.28. The molecule has 2 nitrogen and oxygen atoms in total. The van der Waals surface area contributed by atoms with Crippen molar-refractivity contribution in [1.29, 1.82) is 0 Å². The Balaban J connectivity index is 1.97.